The van der Waals surface area contributed by atoms with Crippen LogP contribution >= 0.6 is 0 Å². The van der Waals surface area contributed by atoms with Crippen LogP contribution in [0.1, 0.15) is 39.5 Å². The Hall–Kier alpha value is -1.77. The highest BCUT2D eigenvalue weighted by Gasteiger charge is 2.27. The number of rotatable bonds is 3. The van der Waals surface area contributed by atoms with E-state index in [2.05, 4.69) is 48.4 Å². The van der Waals surface area contributed by atoms with Gasteiger partial charge in [-0.3, -0.25) is 0 Å². The van der Waals surface area contributed by atoms with Gasteiger partial charge in [0.2, 0.25) is 0 Å². The molecule has 0 radical (unpaired) electrons. The second-order valence-corrected chi connectivity index (χ2v) is 6.54. The smallest absolute Gasteiger partial charge is 0.181 e. The second kappa shape index (κ2) is 5.31. The predicted molar refractivity (Wildman–Crippen MR) is 81.6 cm³/mol. The number of hydrogen-bond acceptors (Lipinski definition) is 3. The minimum absolute atomic E-state index is 0.468. The summed E-state index contributed by atoms with van der Waals surface area (Å²) in [5.74, 6) is 0.815. The highest BCUT2D eigenvalue weighted by atomic mass is 16.3. The minimum Gasteiger partial charge on any atom is -0.444 e. The summed E-state index contributed by atoms with van der Waals surface area (Å²) >= 11 is 0. The molecule has 1 N–H and O–H groups in total. The van der Waals surface area contributed by atoms with E-state index in [-0.39, 0.29) is 0 Å². The molecule has 3 heteroatoms. The molecule has 3 nitrogen and oxygen atoms in total. The molecule has 3 rings (SSSR count). The highest BCUT2D eigenvalue weighted by molar-refractivity contribution is 5.60. The SMILES string of the molecule is CC1(C)CCCC(Nc2ccc(-c3cnco3)cc2)C1. The lowest BCUT2D eigenvalue weighted by atomic mass is 9.75. The molecule has 1 aliphatic rings. The first-order valence-electron chi connectivity index (χ1n) is 7.38. The van der Waals surface area contributed by atoms with Crippen molar-refractivity contribution in [3.05, 3.63) is 36.9 Å². The van der Waals surface area contributed by atoms with Gasteiger partial charge in [0.15, 0.2) is 12.2 Å². The fourth-order valence-electron chi connectivity index (χ4n) is 3.15. The molecule has 106 valence electrons. The summed E-state index contributed by atoms with van der Waals surface area (Å²) in [5, 5.41) is 3.66. The number of oxazole rings is 1. The van der Waals surface area contributed by atoms with Gasteiger partial charge in [0.1, 0.15) is 0 Å². The number of benzene rings is 1. The first-order chi connectivity index (χ1) is 9.62. The number of nitrogens with zero attached hydrogens (tertiary/aromatic N) is 1. The van der Waals surface area contributed by atoms with Crippen LogP contribution < -0.4 is 5.32 Å². The normalized spacial score (nSPS) is 21.6. The van der Waals surface area contributed by atoms with E-state index in [1.165, 1.54) is 37.8 Å². The first kappa shape index (κ1) is 13.2. The van der Waals surface area contributed by atoms with Gasteiger partial charge < -0.3 is 9.73 Å². The van der Waals surface area contributed by atoms with Crippen molar-refractivity contribution in [2.45, 2.75) is 45.6 Å². The monoisotopic (exact) mass is 270 g/mol. The topological polar surface area (TPSA) is 38.1 Å². The number of anilines is 1. The average Bonchev–Trinajstić information content (AvgIpc) is 2.92. The van der Waals surface area contributed by atoms with Crippen LogP contribution in [0.2, 0.25) is 0 Å². The van der Waals surface area contributed by atoms with Crippen LogP contribution in [0.4, 0.5) is 5.69 Å². The Morgan fingerprint density at radius 3 is 2.70 bits per heavy atom. The molecule has 1 fully saturated rings. The van der Waals surface area contributed by atoms with Gasteiger partial charge >= 0.3 is 0 Å². The van der Waals surface area contributed by atoms with Gasteiger partial charge in [0.05, 0.1) is 6.20 Å². The lowest BCUT2D eigenvalue weighted by molar-refractivity contribution is 0.229. The van der Waals surface area contributed by atoms with Gasteiger partial charge in [-0.25, -0.2) is 4.98 Å². The Morgan fingerprint density at radius 2 is 2.05 bits per heavy atom. The maximum atomic E-state index is 5.31. The summed E-state index contributed by atoms with van der Waals surface area (Å²) in [6, 6.07) is 9.00. The molecule has 1 atom stereocenters. The predicted octanol–water partition coefficient (Wildman–Crippen LogP) is 4.72. The molecule has 0 aliphatic heterocycles. The fraction of sp³-hybridized carbons (Fsp3) is 0.471. The van der Waals surface area contributed by atoms with Crippen molar-refractivity contribution in [3.63, 3.8) is 0 Å². The summed E-state index contributed by atoms with van der Waals surface area (Å²) < 4.78 is 5.31. The van der Waals surface area contributed by atoms with E-state index in [4.69, 9.17) is 4.42 Å². The fourth-order valence-corrected chi connectivity index (χ4v) is 3.15. The van der Waals surface area contributed by atoms with Crippen LogP contribution in [0.15, 0.2) is 41.3 Å². The first-order valence-corrected chi connectivity index (χ1v) is 7.38. The standard InChI is InChI=1S/C17H22N2O/c1-17(2)9-3-4-15(10-17)19-14-7-5-13(6-8-14)16-11-18-12-20-16/h5-8,11-12,15,19H,3-4,9-10H2,1-2H3. The third-order valence-electron chi connectivity index (χ3n) is 4.18. The van der Waals surface area contributed by atoms with Crippen LogP contribution in [-0.4, -0.2) is 11.0 Å². The maximum Gasteiger partial charge on any atom is 0.181 e. The molecular formula is C17H22N2O. The van der Waals surface area contributed by atoms with Gasteiger partial charge in [-0.15, -0.1) is 0 Å². The van der Waals surface area contributed by atoms with Gasteiger partial charge in [-0.05, 0) is 48.9 Å². The van der Waals surface area contributed by atoms with Crippen molar-refractivity contribution in [2.75, 3.05) is 5.32 Å². The molecule has 1 unspecified atom stereocenters. The molecule has 1 heterocycles. The Bertz CT molecular complexity index is 543. The molecule has 2 aromatic rings. The van der Waals surface area contributed by atoms with Crippen LogP contribution in [0.25, 0.3) is 11.3 Å². The van der Waals surface area contributed by atoms with Crippen molar-refractivity contribution in [3.8, 4) is 11.3 Å². The largest absolute Gasteiger partial charge is 0.444 e. The van der Waals surface area contributed by atoms with Crippen molar-refractivity contribution in [2.24, 2.45) is 5.41 Å². The molecular weight excluding hydrogens is 248 g/mol. The summed E-state index contributed by atoms with van der Waals surface area (Å²) in [4.78, 5) is 3.95. The Kier molecular flexibility index (Phi) is 3.51. The van der Waals surface area contributed by atoms with Crippen molar-refractivity contribution in [1.29, 1.82) is 0 Å². The zero-order chi connectivity index (χ0) is 14.0. The third kappa shape index (κ3) is 3.03. The van der Waals surface area contributed by atoms with E-state index >= 15 is 0 Å². The molecule has 1 saturated carbocycles. The second-order valence-electron chi connectivity index (χ2n) is 6.54. The van der Waals surface area contributed by atoms with E-state index in [0.29, 0.717) is 11.5 Å². The van der Waals surface area contributed by atoms with Gasteiger partial charge in [0, 0.05) is 17.3 Å². The molecule has 20 heavy (non-hydrogen) atoms. The lowest BCUT2D eigenvalue weighted by Gasteiger charge is -2.36. The number of aromatic nitrogens is 1. The van der Waals surface area contributed by atoms with Crippen molar-refractivity contribution < 1.29 is 4.42 Å². The minimum atomic E-state index is 0.468. The Labute approximate surface area is 120 Å². The zero-order valence-corrected chi connectivity index (χ0v) is 12.2. The van der Waals surface area contributed by atoms with Crippen LogP contribution in [0.3, 0.4) is 0 Å². The van der Waals surface area contributed by atoms with E-state index in [0.717, 1.165) is 11.3 Å². The summed E-state index contributed by atoms with van der Waals surface area (Å²) in [7, 11) is 0. The zero-order valence-electron chi connectivity index (χ0n) is 12.2. The summed E-state index contributed by atoms with van der Waals surface area (Å²) in [5.41, 5.74) is 2.73. The maximum absolute atomic E-state index is 5.31. The summed E-state index contributed by atoms with van der Waals surface area (Å²) in [6.45, 7) is 4.74. The molecule has 1 aliphatic carbocycles. The van der Waals surface area contributed by atoms with E-state index in [9.17, 15) is 0 Å². The summed E-state index contributed by atoms with van der Waals surface area (Å²) in [6.07, 6.45) is 8.39. The van der Waals surface area contributed by atoms with Crippen molar-refractivity contribution in [1.82, 2.24) is 4.98 Å². The average molecular weight is 270 g/mol. The van der Waals surface area contributed by atoms with E-state index in [1.54, 1.807) is 6.20 Å². The van der Waals surface area contributed by atoms with Gasteiger partial charge in [-0.1, -0.05) is 20.3 Å². The molecule has 1 aromatic carbocycles. The van der Waals surface area contributed by atoms with Crippen molar-refractivity contribution >= 4 is 5.69 Å². The van der Waals surface area contributed by atoms with Crippen LogP contribution in [-0.2, 0) is 0 Å². The van der Waals surface area contributed by atoms with Gasteiger partial charge in [0.25, 0.3) is 0 Å². The van der Waals surface area contributed by atoms with Gasteiger partial charge in [-0.2, -0.15) is 0 Å². The lowest BCUT2D eigenvalue weighted by Crippen LogP contribution is -2.31. The number of hydrogen-bond donors (Lipinski definition) is 1. The quantitative estimate of drug-likeness (QED) is 0.876. The molecule has 0 amide bonds. The molecule has 0 saturated heterocycles. The molecule has 0 bridgehead atoms. The van der Waals surface area contributed by atoms with E-state index < -0.39 is 0 Å². The Morgan fingerprint density at radius 1 is 1.25 bits per heavy atom. The highest BCUT2D eigenvalue weighted by Crippen LogP contribution is 2.36. The van der Waals surface area contributed by atoms with Crippen LogP contribution in [0.5, 0.6) is 0 Å². The third-order valence-corrected chi connectivity index (χ3v) is 4.18. The van der Waals surface area contributed by atoms with Crippen LogP contribution in [0, 0.1) is 5.41 Å². The Balaban J connectivity index is 1.66. The van der Waals surface area contributed by atoms with E-state index in [1.807, 2.05) is 0 Å². The molecule has 0 spiro atoms. The molecule has 1 aromatic heterocycles. The number of nitrogens with one attached hydrogen (secondary N) is 1.